The van der Waals surface area contributed by atoms with Gasteiger partial charge in [-0.25, -0.2) is 0 Å². The number of esters is 1. The lowest BCUT2D eigenvalue weighted by Gasteiger charge is -2.11. The molecule has 0 aliphatic heterocycles. The first kappa shape index (κ1) is 22.9. The van der Waals surface area contributed by atoms with Crippen LogP contribution in [0.15, 0.2) is 0 Å². The highest BCUT2D eigenvalue weighted by atomic mass is 79.9. The molecule has 2 nitrogen and oxygen atoms in total. The number of rotatable bonds is 17. The van der Waals surface area contributed by atoms with Crippen molar-refractivity contribution in [3.8, 4) is 0 Å². The van der Waals surface area contributed by atoms with Crippen LogP contribution in [-0.4, -0.2) is 18.4 Å². The van der Waals surface area contributed by atoms with E-state index in [-0.39, 0.29) is 5.97 Å². The monoisotopic (exact) mass is 390 g/mol. The molecule has 3 heteroatoms. The SMILES string of the molecule is COC(=O)CCCCCCCC[C@H](C)CCCCCCCCBr. The zero-order chi connectivity index (χ0) is 17.2. The summed E-state index contributed by atoms with van der Waals surface area (Å²) in [6.07, 6.45) is 19.3. The first-order chi connectivity index (χ1) is 11.2. The average Bonchev–Trinajstić information content (AvgIpc) is 2.56. The Labute approximate surface area is 153 Å². The Morgan fingerprint density at radius 2 is 1.22 bits per heavy atom. The van der Waals surface area contributed by atoms with Crippen molar-refractivity contribution in [2.45, 2.75) is 103 Å². The van der Waals surface area contributed by atoms with Gasteiger partial charge in [-0.15, -0.1) is 0 Å². The molecule has 0 saturated heterocycles. The minimum Gasteiger partial charge on any atom is -0.469 e. The van der Waals surface area contributed by atoms with Crippen LogP contribution in [0, 0.1) is 5.92 Å². The number of alkyl halides is 1. The minimum absolute atomic E-state index is 0.0676. The third-order valence-electron chi connectivity index (χ3n) is 4.64. The zero-order valence-corrected chi connectivity index (χ0v) is 17.2. The molecule has 0 aromatic carbocycles. The molecular formula is C20H39BrO2. The predicted molar refractivity (Wildman–Crippen MR) is 104 cm³/mol. The average molecular weight is 391 g/mol. The van der Waals surface area contributed by atoms with Gasteiger partial charge in [0.05, 0.1) is 7.11 Å². The fourth-order valence-electron chi connectivity index (χ4n) is 3.01. The van der Waals surface area contributed by atoms with Crippen LogP contribution in [0.1, 0.15) is 103 Å². The molecule has 0 bridgehead atoms. The van der Waals surface area contributed by atoms with Crippen LogP contribution in [0.3, 0.4) is 0 Å². The molecule has 0 aromatic rings. The second kappa shape index (κ2) is 18.3. The number of unbranched alkanes of at least 4 members (excludes halogenated alkanes) is 10. The van der Waals surface area contributed by atoms with Crippen LogP contribution >= 0.6 is 15.9 Å². The van der Waals surface area contributed by atoms with E-state index in [2.05, 4.69) is 27.6 Å². The maximum absolute atomic E-state index is 11.0. The maximum atomic E-state index is 11.0. The zero-order valence-electron chi connectivity index (χ0n) is 15.6. The van der Waals surface area contributed by atoms with E-state index in [0.29, 0.717) is 6.42 Å². The number of carbonyl (C=O) groups is 1. The molecule has 0 fully saturated rings. The van der Waals surface area contributed by atoms with Gasteiger partial charge in [-0.1, -0.05) is 99.9 Å². The van der Waals surface area contributed by atoms with Crippen LogP contribution in [0.25, 0.3) is 0 Å². The second-order valence-electron chi connectivity index (χ2n) is 6.94. The predicted octanol–water partition coefficient (Wildman–Crippen LogP) is 7.04. The Kier molecular flexibility index (Phi) is 18.3. The fourth-order valence-corrected chi connectivity index (χ4v) is 3.41. The third-order valence-corrected chi connectivity index (χ3v) is 5.20. The molecule has 138 valence electrons. The van der Waals surface area contributed by atoms with Gasteiger partial charge in [0.2, 0.25) is 0 Å². The van der Waals surface area contributed by atoms with Crippen LogP contribution in [0.4, 0.5) is 0 Å². The van der Waals surface area contributed by atoms with E-state index in [1.54, 1.807) is 0 Å². The number of hydrogen-bond donors (Lipinski definition) is 0. The Balaban J connectivity index is 3.18. The number of hydrogen-bond acceptors (Lipinski definition) is 2. The summed E-state index contributed by atoms with van der Waals surface area (Å²) in [4.78, 5) is 11.0. The first-order valence-corrected chi connectivity index (χ1v) is 11.0. The highest BCUT2D eigenvalue weighted by Gasteiger charge is 2.03. The van der Waals surface area contributed by atoms with E-state index in [1.807, 2.05) is 0 Å². The molecule has 1 atom stereocenters. The summed E-state index contributed by atoms with van der Waals surface area (Å²) >= 11 is 3.49. The maximum Gasteiger partial charge on any atom is 0.305 e. The Morgan fingerprint density at radius 3 is 1.70 bits per heavy atom. The molecule has 0 N–H and O–H groups in total. The van der Waals surface area contributed by atoms with Crippen molar-refractivity contribution >= 4 is 21.9 Å². The molecule has 0 saturated carbocycles. The highest BCUT2D eigenvalue weighted by Crippen LogP contribution is 2.18. The van der Waals surface area contributed by atoms with Gasteiger partial charge < -0.3 is 4.74 Å². The van der Waals surface area contributed by atoms with Gasteiger partial charge >= 0.3 is 5.97 Å². The van der Waals surface area contributed by atoms with Gasteiger partial charge in [0, 0.05) is 11.8 Å². The number of methoxy groups -OCH3 is 1. The first-order valence-electron chi connectivity index (χ1n) is 9.83. The minimum atomic E-state index is -0.0676. The van der Waals surface area contributed by atoms with Crippen molar-refractivity contribution in [1.29, 1.82) is 0 Å². The van der Waals surface area contributed by atoms with Crippen LogP contribution in [0.5, 0.6) is 0 Å². The van der Waals surface area contributed by atoms with Crippen molar-refractivity contribution < 1.29 is 9.53 Å². The lowest BCUT2D eigenvalue weighted by molar-refractivity contribution is -0.140. The highest BCUT2D eigenvalue weighted by molar-refractivity contribution is 9.09. The molecule has 0 unspecified atom stereocenters. The summed E-state index contributed by atoms with van der Waals surface area (Å²) in [7, 11) is 1.47. The van der Waals surface area contributed by atoms with Crippen molar-refractivity contribution in [2.24, 2.45) is 5.92 Å². The molecule has 23 heavy (non-hydrogen) atoms. The lowest BCUT2D eigenvalue weighted by Crippen LogP contribution is -1.99. The second-order valence-corrected chi connectivity index (χ2v) is 7.73. The summed E-state index contributed by atoms with van der Waals surface area (Å²) in [6.45, 7) is 2.42. The summed E-state index contributed by atoms with van der Waals surface area (Å²) < 4.78 is 4.65. The molecule has 0 heterocycles. The van der Waals surface area contributed by atoms with Gasteiger partial charge in [0.1, 0.15) is 0 Å². The van der Waals surface area contributed by atoms with Crippen LogP contribution in [-0.2, 0) is 9.53 Å². The number of halogens is 1. The Hall–Kier alpha value is -0.0500. The molecule has 0 aliphatic rings. The summed E-state index contributed by atoms with van der Waals surface area (Å²) in [5, 5.41) is 1.16. The Morgan fingerprint density at radius 1 is 0.783 bits per heavy atom. The third kappa shape index (κ3) is 18.1. The topological polar surface area (TPSA) is 26.3 Å². The van der Waals surface area contributed by atoms with Gasteiger partial charge in [-0.05, 0) is 18.8 Å². The van der Waals surface area contributed by atoms with Crippen LogP contribution < -0.4 is 0 Å². The van der Waals surface area contributed by atoms with Gasteiger partial charge in [-0.3, -0.25) is 4.79 Å². The van der Waals surface area contributed by atoms with E-state index in [4.69, 9.17) is 0 Å². The molecule has 0 amide bonds. The van der Waals surface area contributed by atoms with Crippen molar-refractivity contribution in [2.75, 3.05) is 12.4 Å². The van der Waals surface area contributed by atoms with E-state index >= 15 is 0 Å². The Bertz CT molecular complexity index is 256. The summed E-state index contributed by atoms with van der Waals surface area (Å²) in [5.41, 5.74) is 0. The standard InChI is InChI=1S/C20H39BrO2/c1-19(16-12-8-5-6-10-14-18-21)15-11-7-3-4-9-13-17-20(22)23-2/h19H,3-18H2,1-2H3/t19-/m0/s1. The molecular weight excluding hydrogens is 352 g/mol. The van der Waals surface area contributed by atoms with Gasteiger partial charge in [-0.2, -0.15) is 0 Å². The largest absolute Gasteiger partial charge is 0.469 e. The number of carbonyl (C=O) groups excluding carboxylic acids is 1. The smallest absolute Gasteiger partial charge is 0.305 e. The van der Waals surface area contributed by atoms with Crippen molar-refractivity contribution in [3.05, 3.63) is 0 Å². The molecule has 0 rings (SSSR count). The molecule has 0 aromatic heterocycles. The quantitative estimate of drug-likeness (QED) is 0.151. The number of ether oxygens (including phenoxy) is 1. The van der Waals surface area contributed by atoms with Crippen molar-refractivity contribution in [3.63, 3.8) is 0 Å². The normalized spacial score (nSPS) is 12.3. The summed E-state index contributed by atoms with van der Waals surface area (Å²) in [5.74, 6) is 0.832. The molecule has 0 spiro atoms. The fraction of sp³-hybridized carbons (Fsp3) is 0.950. The van der Waals surface area contributed by atoms with Crippen molar-refractivity contribution in [1.82, 2.24) is 0 Å². The summed E-state index contributed by atoms with van der Waals surface area (Å²) in [6, 6.07) is 0. The van der Waals surface area contributed by atoms with Gasteiger partial charge in [0.15, 0.2) is 0 Å². The van der Waals surface area contributed by atoms with E-state index < -0.39 is 0 Å². The van der Waals surface area contributed by atoms with E-state index in [1.165, 1.54) is 90.6 Å². The lowest BCUT2D eigenvalue weighted by atomic mass is 9.96. The molecule has 0 aliphatic carbocycles. The van der Waals surface area contributed by atoms with Crippen LogP contribution in [0.2, 0.25) is 0 Å². The van der Waals surface area contributed by atoms with E-state index in [0.717, 1.165) is 17.7 Å². The van der Waals surface area contributed by atoms with E-state index in [9.17, 15) is 4.79 Å². The molecule has 0 radical (unpaired) electrons. The van der Waals surface area contributed by atoms with Gasteiger partial charge in [0.25, 0.3) is 0 Å².